The van der Waals surface area contributed by atoms with Crippen molar-refractivity contribution in [1.29, 1.82) is 0 Å². The highest BCUT2D eigenvalue weighted by Crippen LogP contribution is 2.20. The molecule has 0 saturated carbocycles. The largest absolute Gasteiger partial charge is 0.380 e. The number of hydrogen-bond acceptors (Lipinski definition) is 4. The molecular formula is C9H15N3O3S. The molecule has 1 saturated heterocycles. The van der Waals surface area contributed by atoms with Crippen molar-refractivity contribution in [3.05, 3.63) is 12.0 Å². The molecule has 7 heteroatoms. The highest BCUT2D eigenvalue weighted by Gasteiger charge is 2.33. The molecule has 0 radical (unpaired) electrons. The second-order valence-electron chi connectivity index (χ2n) is 3.84. The first-order chi connectivity index (χ1) is 7.54. The van der Waals surface area contributed by atoms with Gasteiger partial charge in [-0.05, 0) is 13.3 Å². The number of imidazole rings is 1. The predicted molar refractivity (Wildman–Crippen MR) is 57.5 cm³/mol. The number of nitrogens with zero attached hydrogens (tertiary/aromatic N) is 2. The number of ether oxygens (including phenoxy) is 1. The number of H-pyrrole nitrogens is 1. The fourth-order valence-corrected chi connectivity index (χ4v) is 3.23. The van der Waals surface area contributed by atoms with Gasteiger partial charge in [0.25, 0.3) is 10.0 Å². The maximum atomic E-state index is 12.1. The summed E-state index contributed by atoms with van der Waals surface area (Å²) in [7, 11) is -1.83. The second kappa shape index (κ2) is 4.15. The molecule has 1 unspecified atom stereocenters. The predicted octanol–water partition coefficient (Wildman–Crippen LogP) is 0.128. The molecular weight excluding hydrogens is 230 g/mol. The molecule has 2 rings (SSSR count). The maximum absolute atomic E-state index is 12.1. The summed E-state index contributed by atoms with van der Waals surface area (Å²) in [6.45, 7) is 2.64. The van der Waals surface area contributed by atoms with Crippen molar-refractivity contribution >= 4 is 10.0 Å². The summed E-state index contributed by atoms with van der Waals surface area (Å²) in [4.78, 5) is 6.65. The third kappa shape index (κ3) is 1.98. The zero-order chi connectivity index (χ0) is 11.8. The zero-order valence-corrected chi connectivity index (χ0v) is 10.1. The van der Waals surface area contributed by atoms with Crippen molar-refractivity contribution in [2.45, 2.75) is 24.5 Å². The SMILES string of the molecule is COC1CCN(S(=O)(=O)c2cnc(C)[nH]2)C1. The first-order valence-corrected chi connectivity index (χ1v) is 6.52. The molecule has 1 N–H and O–H groups in total. The lowest BCUT2D eigenvalue weighted by Gasteiger charge is -2.14. The molecule has 1 fully saturated rings. The number of sulfonamides is 1. The van der Waals surface area contributed by atoms with Crippen molar-refractivity contribution in [3.8, 4) is 0 Å². The Kier molecular flexibility index (Phi) is 3.00. The van der Waals surface area contributed by atoms with Crippen LogP contribution < -0.4 is 0 Å². The molecule has 2 heterocycles. The van der Waals surface area contributed by atoms with E-state index >= 15 is 0 Å². The van der Waals surface area contributed by atoms with Gasteiger partial charge in [0.1, 0.15) is 5.82 Å². The van der Waals surface area contributed by atoms with Crippen LogP contribution in [0, 0.1) is 6.92 Å². The van der Waals surface area contributed by atoms with Crippen LogP contribution >= 0.6 is 0 Å². The number of aryl methyl sites for hydroxylation is 1. The van der Waals surface area contributed by atoms with Gasteiger partial charge in [-0.1, -0.05) is 0 Å². The minimum absolute atomic E-state index is 0.00112. The second-order valence-corrected chi connectivity index (χ2v) is 5.75. The van der Waals surface area contributed by atoms with Crippen LogP contribution in [0.2, 0.25) is 0 Å². The van der Waals surface area contributed by atoms with E-state index in [1.807, 2.05) is 0 Å². The lowest BCUT2D eigenvalue weighted by Crippen LogP contribution is -2.30. The van der Waals surface area contributed by atoms with Crippen LogP contribution in [-0.2, 0) is 14.8 Å². The molecule has 16 heavy (non-hydrogen) atoms. The van der Waals surface area contributed by atoms with Crippen molar-refractivity contribution < 1.29 is 13.2 Å². The molecule has 90 valence electrons. The number of rotatable bonds is 3. The monoisotopic (exact) mass is 245 g/mol. The van der Waals surface area contributed by atoms with E-state index in [2.05, 4.69) is 9.97 Å². The van der Waals surface area contributed by atoms with Gasteiger partial charge < -0.3 is 9.72 Å². The van der Waals surface area contributed by atoms with E-state index in [1.165, 1.54) is 10.5 Å². The smallest absolute Gasteiger partial charge is 0.260 e. The summed E-state index contributed by atoms with van der Waals surface area (Å²) >= 11 is 0. The molecule has 0 bridgehead atoms. The quantitative estimate of drug-likeness (QED) is 0.821. The average Bonchev–Trinajstić information content (AvgIpc) is 2.85. The van der Waals surface area contributed by atoms with E-state index in [0.717, 1.165) is 6.42 Å². The average molecular weight is 245 g/mol. The first-order valence-electron chi connectivity index (χ1n) is 5.08. The van der Waals surface area contributed by atoms with Gasteiger partial charge in [-0.3, -0.25) is 0 Å². The molecule has 1 aliphatic heterocycles. The van der Waals surface area contributed by atoms with Gasteiger partial charge in [0.2, 0.25) is 0 Å². The van der Waals surface area contributed by atoms with Gasteiger partial charge in [0.15, 0.2) is 5.03 Å². The van der Waals surface area contributed by atoms with E-state index in [1.54, 1.807) is 14.0 Å². The number of aromatic amines is 1. The minimum Gasteiger partial charge on any atom is -0.380 e. The molecule has 1 aromatic heterocycles. The number of hydrogen-bond donors (Lipinski definition) is 1. The highest BCUT2D eigenvalue weighted by atomic mass is 32.2. The Labute approximate surface area is 94.7 Å². The Bertz CT molecular complexity index is 468. The van der Waals surface area contributed by atoms with Crippen LogP contribution in [0.4, 0.5) is 0 Å². The normalized spacial score (nSPS) is 22.8. The van der Waals surface area contributed by atoms with Crippen LogP contribution in [0.5, 0.6) is 0 Å². The Morgan fingerprint density at radius 3 is 2.88 bits per heavy atom. The summed E-state index contributed by atoms with van der Waals surface area (Å²) in [5.74, 6) is 0.598. The van der Waals surface area contributed by atoms with E-state index in [0.29, 0.717) is 18.9 Å². The van der Waals surface area contributed by atoms with Crippen LogP contribution in [0.3, 0.4) is 0 Å². The summed E-state index contributed by atoms with van der Waals surface area (Å²) < 4.78 is 30.8. The van der Waals surface area contributed by atoms with Gasteiger partial charge in [-0.2, -0.15) is 4.31 Å². The van der Waals surface area contributed by atoms with Gasteiger partial charge in [0.05, 0.1) is 12.3 Å². The highest BCUT2D eigenvalue weighted by molar-refractivity contribution is 7.89. The lowest BCUT2D eigenvalue weighted by atomic mass is 10.3. The van der Waals surface area contributed by atoms with Crippen molar-refractivity contribution in [1.82, 2.24) is 14.3 Å². The third-order valence-corrected chi connectivity index (χ3v) is 4.51. The third-order valence-electron chi connectivity index (χ3n) is 2.74. The van der Waals surface area contributed by atoms with Crippen LogP contribution in [0.25, 0.3) is 0 Å². The minimum atomic E-state index is -3.43. The molecule has 6 nitrogen and oxygen atoms in total. The Hall–Kier alpha value is -0.920. The van der Waals surface area contributed by atoms with Crippen molar-refractivity contribution in [3.63, 3.8) is 0 Å². The van der Waals surface area contributed by atoms with E-state index in [9.17, 15) is 8.42 Å². The summed E-state index contributed by atoms with van der Waals surface area (Å²) in [5.41, 5.74) is 0. The summed E-state index contributed by atoms with van der Waals surface area (Å²) in [6.07, 6.45) is 2.09. The van der Waals surface area contributed by atoms with Crippen LogP contribution in [-0.4, -0.2) is 49.0 Å². The molecule has 1 atom stereocenters. The van der Waals surface area contributed by atoms with E-state index < -0.39 is 10.0 Å². The van der Waals surface area contributed by atoms with Gasteiger partial charge >= 0.3 is 0 Å². The first kappa shape index (κ1) is 11.6. The Balaban J connectivity index is 2.21. The molecule has 0 spiro atoms. The van der Waals surface area contributed by atoms with E-state index in [4.69, 9.17) is 4.74 Å². The van der Waals surface area contributed by atoms with Crippen LogP contribution in [0.1, 0.15) is 12.2 Å². The molecule has 1 aromatic rings. The standard InChI is InChI=1S/C9H15N3O3S/c1-7-10-5-9(11-7)16(13,14)12-4-3-8(6-12)15-2/h5,8H,3-4,6H2,1-2H3,(H,10,11). The molecule has 0 aromatic carbocycles. The van der Waals surface area contributed by atoms with Gasteiger partial charge in [-0.15, -0.1) is 0 Å². The van der Waals surface area contributed by atoms with Gasteiger partial charge in [-0.25, -0.2) is 13.4 Å². The number of aromatic nitrogens is 2. The lowest BCUT2D eigenvalue weighted by molar-refractivity contribution is 0.115. The molecule has 1 aliphatic rings. The van der Waals surface area contributed by atoms with Gasteiger partial charge in [0, 0.05) is 20.2 Å². The fourth-order valence-electron chi connectivity index (χ4n) is 1.78. The zero-order valence-electron chi connectivity index (χ0n) is 9.30. The van der Waals surface area contributed by atoms with Crippen LogP contribution in [0.15, 0.2) is 11.2 Å². The Morgan fingerprint density at radius 1 is 1.62 bits per heavy atom. The number of nitrogens with one attached hydrogen (secondary N) is 1. The van der Waals surface area contributed by atoms with E-state index in [-0.39, 0.29) is 11.1 Å². The fraction of sp³-hybridized carbons (Fsp3) is 0.667. The number of methoxy groups -OCH3 is 1. The molecule has 0 aliphatic carbocycles. The maximum Gasteiger partial charge on any atom is 0.260 e. The van der Waals surface area contributed by atoms with Crippen molar-refractivity contribution in [2.24, 2.45) is 0 Å². The summed E-state index contributed by atoms with van der Waals surface area (Å²) in [5, 5.41) is 0.154. The topological polar surface area (TPSA) is 75.3 Å². The Morgan fingerprint density at radius 2 is 2.38 bits per heavy atom. The van der Waals surface area contributed by atoms with Crippen molar-refractivity contribution in [2.75, 3.05) is 20.2 Å². The summed E-state index contributed by atoms with van der Waals surface area (Å²) in [6, 6.07) is 0. The molecule has 0 amide bonds.